The van der Waals surface area contributed by atoms with Gasteiger partial charge in [0.2, 0.25) is 11.7 Å². The number of benzene rings is 2. The molecule has 0 saturated carbocycles. The first kappa shape index (κ1) is 12.3. The fraction of sp³-hybridized carbons (Fsp3) is 0.0667. The highest BCUT2D eigenvalue weighted by Crippen LogP contribution is 2.18. The van der Waals surface area contributed by atoms with Crippen molar-refractivity contribution in [1.82, 2.24) is 10.1 Å². The first-order valence-corrected chi connectivity index (χ1v) is 6.14. The van der Waals surface area contributed by atoms with Crippen LogP contribution in [0.15, 0.2) is 53.1 Å². The summed E-state index contributed by atoms with van der Waals surface area (Å²) in [4.78, 5) is 4.29. The summed E-state index contributed by atoms with van der Waals surface area (Å²) < 4.78 is 18.3. The van der Waals surface area contributed by atoms with Gasteiger partial charge >= 0.3 is 0 Å². The van der Waals surface area contributed by atoms with Crippen LogP contribution in [0.3, 0.4) is 0 Å². The molecule has 0 aliphatic heterocycles. The van der Waals surface area contributed by atoms with Crippen molar-refractivity contribution >= 4 is 5.69 Å². The van der Waals surface area contributed by atoms with Gasteiger partial charge in [0.15, 0.2) is 0 Å². The molecule has 20 heavy (non-hydrogen) atoms. The van der Waals surface area contributed by atoms with Crippen LogP contribution in [0, 0.1) is 5.82 Å². The summed E-state index contributed by atoms with van der Waals surface area (Å²) in [5, 5.41) is 3.91. The minimum atomic E-state index is -0.277. The number of rotatable bonds is 3. The summed E-state index contributed by atoms with van der Waals surface area (Å²) in [7, 11) is 0. The minimum Gasteiger partial charge on any atom is -0.399 e. The number of hydrogen-bond donors (Lipinski definition) is 1. The molecule has 1 aromatic heterocycles. The van der Waals surface area contributed by atoms with Crippen LogP contribution in [0.25, 0.3) is 11.4 Å². The quantitative estimate of drug-likeness (QED) is 0.742. The molecule has 2 aromatic carbocycles. The SMILES string of the molecule is Nc1ccc(-c2noc(Cc3cccc(F)c3)n2)cc1. The van der Waals surface area contributed by atoms with Gasteiger partial charge in [-0.25, -0.2) is 4.39 Å². The standard InChI is InChI=1S/C15H12FN3O/c16-12-3-1-2-10(8-12)9-14-18-15(19-20-14)11-4-6-13(17)7-5-11/h1-8H,9,17H2. The van der Waals surface area contributed by atoms with Gasteiger partial charge in [-0.05, 0) is 42.0 Å². The zero-order valence-corrected chi connectivity index (χ0v) is 10.6. The fourth-order valence-corrected chi connectivity index (χ4v) is 1.90. The maximum absolute atomic E-state index is 13.1. The van der Waals surface area contributed by atoms with E-state index in [1.54, 1.807) is 18.2 Å². The first-order valence-electron chi connectivity index (χ1n) is 6.14. The second kappa shape index (κ2) is 5.13. The Morgan fingerprint density at radius 1 is 1.10 bits per heavy atom. The number of nitrogens with zero attached hydrogens (tertiary/aromatic N) is 2. The van der Waals surface area contributed by atoms with E-state index in [1.165, 1.54) is 12.1 Å². The summed E-state index contributed by atoms with van der Waals surface area (Å²) in [6, 6.07) is 13.5. The lowest BCUT2D eigenvalue weighted by Crippen LogP contribution is -1.89. The Hall–Kier alpha value is -2.69. The van der Waals surface area contributed by atoms with E-state index >= 15 is 0 Å². The Kier molecular flexibility index (Phi) is 3.16. The van der Waals surface area contributed by atoms with E-state index in [9.17, 15) is 4.39 Å². The summed E-state index contributed by atoms with van der Waals surface area (Å²) in [6.45, 7) is 0. The lowest BCUT2D eigenvalue weighted by atomic mass is 10.1. The van der Waals surface area contributed by atoms with Crippen molar-refractivity contribution in [3.05, 3.63) is 65.8 Å². The summed E-state index contributed by atoms with van der Waals surface area (Å²) in [6.07, 6.45) is 0.403. The molecule has 1 heterocycles. The molecule has 100 valence electrons. The van der Waals surface area contributed by atoms with Gasteiger partial charge in [-0.1, -0.05) is 17.3 Å². The van der Waals surface area contributed by atoms with Gasteiger partial charge in [-0.15, -0.1) is 0 Å². The second-order valence-corrected chi connectivity index (χ2v) is 4.44. The van der Waals surface area contributed by atoms with Crippen LogP contribution in [-0.4, -0.2) is 10.1 Å². The van der Waals surface area contributed by atoms with Gasteiger partial charge in [0.05, 0.1) is 6.42 Å². The predicted molar refractivity (Wildman–Crippen MR) is 73.4 cm³/mol. The Balaban J connectivity index is 1.82. The van der Waals surface area contributed by atoms with Crippen LogP contribution in [-0.2, 0) is 6.42 Å². The molecule has 3 rings (SSSR count). The highest BCUT2D eigenvalue weighted by atomic mass is 19.1. The fourth-order valence-electron chi connectivity index (χ4n) is 1.90. The largest absolute Gasteiger partial charge is 0.399 e. The van der Waals surface area contributed by atoms with Crippen LogP contribution in [0.1, 0.15) is 11.5 Å². The lowest BCUT2D eigenvalue weighted by Gasteiger charge is -1.96. The minimum absolute atomic E-state index is 0.277. The number of nitrogen functional groups attached to an aromatic ring is 1. The van der Waals surface area contributed by atoms with Gasteiger partial charge < -0.3 is 10.3 Å². The van der Waals surface area contributed by atoms with E-state index in [2.05, 4.69) is 10.1 Å². The van der Waals surface area contributed by atoms with Crippen molar-refractivity contribution in [2.45, 2.75) is 6.42 Å². The molecule has 4 nitrogen and oxygen atoms in total. The van der Waals surface area contributed by atoms with Crippen molar-refractivity contribution in [2.75, 3.05) is 5.73 Å². The highest BCUT2D eigenvalue weighted by molar-refractivity contribution is 5.58. The molecule has 0 atom stereocenters. The molecular weight excluding hydrogens is 257 g/mol. The number of aromatic nitrogens is 2. The zero-order chi connectivity index (χ0) is 13.9. The molecule has 0 aliphatic rings. The molecule has 5 heteroatoms. The van der Waals surface area contributed by atoms with Crippen LogP contribution in [0.5, 0.6) is 0 Å². The van der Waals surface area contributed by atoms with Gasteiger partial charge in [-0.3, -0.25) is 0 Å². The Morgan fingerprint density at radius 3 is 2.65 bits per heavy atom. The Morgan fingerprint density at radius 2 is 1.90 bits per heavy atom. The van der Waals surface area contributed by atoms with Crippen LogP contribution in [0.2, 0.25) is 0 Å². The summed E-state index contributed by atoms with van der Waals surface area (Å²) in [5.74, 6) is 0.666. The molecule has 0 amide bonds. The number of hydrogen-bond acceptors (Lipinski definition) is 4. The third-order valence-corrected chi connectivity index (χ3v) is 2.88. The smallest absolute Gasteiger partial charge is 0.231 e. The maximum Gasteiger partial charge on any atom is 0.231 e. The predicted octanol–water partition coefficient (Wildman–Crippen LogP) is 3.05. The van der Waals surface area contributed by atoms with E-state index in [0.29, 0.717) is 23.8 Å². The van der Waals surface area contributed by atoms with Crippen molar-refractivity contribution < 1.29 is 8.91 Å². The molecular formula is C15H12FN3O. The van der Waals surface area contributed by atoms with Gasteiger partial charge in [-0.2, -0.15) is 4.98 Å². The van der Waals surface area contributed by atoms with E-state index in [0.717, 1.165) is 11.1 Å². The maximum atomic E-state index is 13.1. The highest BCUT2D eigenvalue weighted by Gasteiger charge is 2.09. The third-order valence-electron chi connectivity index (χ3n) is 2.88. The Bertz CT molecular complexity index is 722. The van der Waals surface area contributed by atoms with Crippen molar-refractivity contribution in [3.63, 3.8) is 0 Å². The third kappa shape index (κ3) is 2.66. The molecule has 3 aromatic rings. The Labute approximate surface area is 115 Å². The van der Waals surface area contributed by atoms with E-state index in [1.807, 2.05) is 18.2 Å². The molecule has 0 spiro atoms. The normalized spacial score (nSPS) is 10.7. The number of halogens is 1. The average molecular weight is 269 g/mol. The summed E-state index contributed by atoms with van der Waals surface area (Å²) in [5.41, 5.74) is 7.92. The molecule has 0 saturated heterocycles. The zero-order valence-electron chi connectivity index (χ0n) is 10.6. The van der Waals surface area contributed by atoms with Crippen molar-refractivity contribution in [3.8, 4) is 11.4 Å². The number of nitrogens with two attached hydrogens (primary N) is 1. The topological polar surface area (TPSA) is 64.9 Å². The van der Waals surface area contributed by atoms with Crippen molar-refractivity contribution in [1.29, 1.82) is 0 Å². The second-order valence-electron chi connectivity index (χ2n) is 4.44. The molecule has 0 aliphatic carbocycles. The van der Waals surface area contributed by atoms with Gasteiger partial charge in [0.25, 0.3) is 0 Å². The average Bonchev–Trinajstić information content (AvgIpc) is 2.88. The van der Waals surface area contributed by atoms with E-state index < -0.39 is 0 Å². The number of anilines is 1. The van der Waals surface area contributed by atoms with E-state index in [-0.39, 0.29) is 5.82 Å². The first-order chi connectivity index (χ1) is 9.70. The van der Waals surface area contributed by atoms with Crippen LogP contribution >= 0.6 is 0 Å². The molecule has 0 unspecified atom stereocenters. The van der Waals surface area contributed by atoms with Crippen LogP contribution < -0.4 is 5.73 Å². The van der Waals surface area contributed by atoms with E-state index in [4.69, 9.17) is 10.3 Å². The molecule has 0 fully saturated rings. The molecule has 0 bridgehead atoms. The molecule has 0 radical (unpaired) electrons. The van der Waals surface area contributed by atoms with Crippen molar-refractivity contribution in [2.24, 2.45) is 0 Å². The van der Waals surface area contributed by atoms with Crippen LogP contribution in [0.4, 0.5) is 10.1 Å². The monoisotopic (exact) mass is 269 g/mol. The lowest BCUT2D eigenvalue weighted by molar-refractivity contribution is 0.385. The van der Waals surface area contributed by atoms with Gasteiger partial charge in [0, 0.05) is 11.3 Å². The molecule has 2 N–H and O–H groups in total. The summed E-state index contributed by atoms with van der Waals surface area (Å²) >= 11 is 0. The van der Waals surface area contributed by atoms with Gasteiger partial charge in [0.1, 0.15) is 5.82 Å².